The summed E-state index contributed by atoms with van der Waals surface area (Å²) < 4.78 is 0. The second-order valence-electron chi connectivity index (χ2n) is 6.28. The minimum atomic E-state index is -0.404. The summed E-state index contributed by atoms with van der Waals surface area (Å²) in [6.07, 6.45) is 2.81. The van der Waals surface area contributed by atoms with Crippen molar-refractivity contribution < 1.29 is 14.4 Å². The van der Waals surface area contributed by atoms with Gasteiger partial charge in [0.05, 0.1) is 0 Å². The molecule has 0 spiro atoms. The smallest absolute Gasteiger partial charge is 0.318 e. The molecule has 0 heterocycles. The maximum absolute atomic E-state index is 12.5. The van der Waals surface area contributed by atoms with Crippen LogP contribution in [-0.2, 0) is 16.1 Å². The average Bonchev–Trinajstić information content (AvgIpc) is 3.01. The monoisotopic (exact) mass is 335 g/mol. The number of oxime groups is 1. The maximum atomic E-state index is 12.5. The molecule has 25 heavy (non-hydrogen) atoms. The first-order chi connectivity index (χ1) is 12.1. The quantitative estimate of drug-likeness (QED) is 0.287. The van der Waals surface area contributed by atoms with Gasteiger partial charge in [0.25, 0.3) is 0 Å². The van der Waals surface area contributed by atoms with Gasteiger partial charge in [0.2, 0.25) is 5.78 Å². The van der Waals surface area contributed by atoms with Crippen LogP contribution in [0, 0.1) is 0 Å². The number of carbonyl (C=O) groups is 2. The van der Waals surface area contributed by atoms with Crippen molar-refractivity contribution in [2.24, 2.45) is 5.16 Å². The average molecular weight is 335 g/mol. The third-order valence-corrected chi connectivity index (χ3v) is 4.40. The fourth-order valence-electron chi connectivity index (χ4n) is 3.02. The molecule has 4 nitrogen and oxygen atoms in total. The fourth-order valence-corrected chi connectivity index (χ4v) is 3.02. The summed E-state index contributed by atoms with van der Waals surface area (Å²) in [6, 6.07) is 14.0. The molecule has 0 N–H and O–H groups in total. The largest absolute Gasteiger partial charge is 0.335 e. The number of fused-ring (bicyclic) bond motifs is 3. The summed E-state index contributed by atoms with van der Waals surface area (Å²) in [7, 11) is 0. The molecule has 0 aliphatic heterocycles. The molecule has 0 bridgehead atoms. The van der Waals surface area contributed by atoms with E-state index in [1.807, 2.05) is 31.2 Å². The van der Waals surface area contributed by atoms with Gasteiger partial charge in [0.15, 0.2) is 0 Å². The van der Waals surface area contributed by atoms with Crippen LogP contribution in [0.5, 0.6) is 0 Å². The van der Waals surface area contributed by atoms with Gasteiger partial charge in [0.1, 0.15) is 5.71 Å². The van der Waals surface area contributed by atoms with E-state index >= 15 is 0 Å². The molecule has 0 aromatic heterocycles. The third kappa shape index (κ3) is 3.68. The van der Waals surface area contributed by atoms with E-state index in [-0.39, 0.29) is 11.5 Å². The zero-order valence-corrected chi connectivity index (χ0v) is 14.5. The molecule has 0 fully saturated rings. The van der Waals surface area contributed by atoms with E-state index < -0.39 is 5.97 Å². The number of hydrogen-bond donors (Lipinski definition) is 0. The Morgan fingerprint density at radius 3 is 2.64 bits per heavy atom. The Morgan fingerprint density at radius 2 is 1.84 bits per heavy atom. The number of benzene rings is 2. The summed E-state index contributed by atoms with van der Waals surface area (Å²) in [4.78, 5) is 28.8. The summed E-state index contributed by atoms with van der Waals surface area (Å²) in [6.45, 7) is 3.56. The van der Waals surface area contributed by atoms with Gasteiger partial charge < -0.3 is 4.84 Å². The van der Waals surface area contributed by atoms with Gasteiger partial charge >= 0.3 is 5.97 Å². The van der Waals surface area contributed by atoms with Crippen molar-refractivity contribution >= 4 is 17.5 Å². The molecule has 4 heteroatoms. The Morgan fingerprint density at radius 1 is 1.08 bits per heavy atom. The topological polar surface area (TPSA) is 55.7 Å². The zero-order chi connectivity index (χ0) is 17.8. The van der Waals surface area contributed by atoms with Crippen LogP contribution in [0.2, 0.25) is 0 Å². The van der Waals surface area contributed by atoms with Gasteiger partial charge in [-0.3, -0.25) is 4.79 Å². The summed E-state index contributed by atoms with van der Waals surface area (Å²) in [5.74, 6) is -0.625. The van der Waals surface area contributed by atoms with Crippen molar-refractivity contribution in [2.75, 3.05) is 0 Å². The van der Waals surface area contributed by atoms with Crippen LogP contribution in [0.4, 0.5) is 0 Å². The Kier molecular flexibility index (Phi) is 5.08. The highest BCUT2D eigenvalue weighted by atomic mass is 16.7. The SMILES string of the molecule is CCCCC(=O)O/N=C(/C)C(=O)c1ccc2c(c1)Cc1ccccc1-2. The van der Waals surface area contributed by atoms with Crippen molar-refractivity contribution in [2.45, 2.75) is 39.5 Å². The predicted molar refractivity (Wildman–Crippen MR) is 97.7 cm³/mol. The number of Topliss-reactive ketones (excluding diaryl/α,β-unsaturated/α-hetero) is 1. The summed E-state index contributed by atoms with van der Waals surface area (Å²) in [5.41, 5.74) is 5.56. The van der Waals surface area contributed by atoms with Gasteiger partial charge in [-0.05, 0) is 48.1 Å². The van der Waals surface area contributed by atoms with Gasteiger partial charge in [-0.25, -0.2) is 4.79 Å². The fraction of sp³-hybridized carbons (Fsp3) is 0.286. The van der Waals surface area contributed by atoms with Crippen molar-refractivity contribution in [3.63, 3.8) is 0 Å². The van der Waals surface area contributed by atoms with Gasteiger partial charge in [-0.1, -0.05) is 54.9 Å². The van der Waals surface area contributed by atoms with Crippen molar-refractivity contribution in [3.05, 3.63) is 59.2 Å². The summed E-state index contributed by atoms with van der Waals surface area (Å²) >= 11 is 0. The standard InChI is InChI=1S/C21H21NO3/c1-3-4-9-20(23)25-22-14(2)21(24)16-10-11-19-17(13-16)12-15-7-5-6-8-18(15)19/h5-8,10-11,13H,3-4,9,12H2,1-2H3/b22-14-. The second kappa shape index (κ2) is 7.43. The van der Waals surface area contributed by atoms with Crippen LogP contribution in [0.1, 0.15) is 54.6 Å². The normalized spacial score (nSPS) is 12.5. The van der Waals surface area contributed by atoms with E-state index in [1.54, 1.807) is 13.0 Å². The highest BCUT2D eigenvalue weighted by molar-refractivity contribution is 6.45. The second-order valence-corrected chi connectivity index (χ2v) is 6.28. The molecule has 0 atom stereocenters. The molecular formula is C21H21NO3. The number of hydrogen-bond acceptors (Lipinski definition) is 4. The van der Waals surface area contributed by atoms with E-state index in [0.29, 0.717) is 12.0 Å². The van der Waals surface area contributed by atoms with Gasteiger partial charge in [-0.2, -0.15) is 0 Å². The third-order valence-electron chi connectivity index (χ3n) is 4.40. The lowest BCUT2D eigenvalue weighted by Gasteiger charge is -2.05. The van der Waals surface area contributed by atoms with Crippen molar-refractivity contribution in [3.8, 4) is 11.1 Å². The molecule has 1 aliphatic carbocycles. The lowest BCUT2D eigenvalue weighted by Crippen LogP contribution is -2.12. The molecule has 0 amide bonds. The lowest BCUT2D eigenvalue weighted by atomic mass is 10.0. The Balaban J connectivity index is 1.73. The Bertz CT molecular complexity index is 852. The molecule has 3 rings (SSSR count). The van der Waals surface area contributed by atoms with Crippen LogP contribution in [-0.4, -0.2) is 17.5 Å². The lowest BCUT2D eigenvalue weighted by molar-refractivity contribution is -0.143. The molecule has 2 aromatic carbocycles. The molecule has 128 valence electrons. The van der Waals surface area contributed by atoms with Crippen LogP contribution in [0.15, 0.2) is 47.6 Å². The number of ketones is 1. The van der Waals surface area contributed by atoms with E-state index in [4.69, 9.17) is 4.84 Å². The highest BCUT2D eigenvalue weighted by Crippen LogP contribution is 2.36. The molecule has 0 saturated carbocycles. The minimum absolute atomic E-state index is 0.181. The first-order valence-electron chi connectivity index (χ1n) is 8.60. The van der Waals surface area contributed by atoms with Crippen LogP contribution >= 0.6 is 0 Å². The van der Waals surface area contributed by atoms with Crippen LogP contribution < -0.4 is 0 Å². The molecule has 1 aliphatic rings. The summed E-state index contributed by atoms with van der Waals surface area (Å²) in [5, 5.41) is 3.70. The molecule has 0 radical (unpaired) electrons. The zero-order valence-electron chi connectivity index (χ0n) is 14.5. The highest BCUT2D eigenvalue weighted by Gasteiger charge is 2.20. The van der Waals surface area contributed by atoms with E-state index in [9.17, 15) is 9.59 Å². The maximum Gasteiger partial charge on any atom is 0.335 e. The Labute approximate surface area is 147 Å². The van der Waals surface area contributed by atoms with Crippen LogP contribution in [0.25, 0.3) is 11.1 Å². The number of carbonyl (C=O) groups excluding carboxylic acids is 2. The molecule has 0 unspecified atom stereocenters. The van der Waals surface area contributed by atoms with E-state index in [2.05, 4.69) is 17.3 Å². The number of rotatable bonds is 6. The van der Waals surface area contributed by atoms with Crippen molar-refractivity contribution in [1.29, 1.82) is 0 Å². The first-order valence-corrected chi connectivity index (χ1v) is 8.60. The first kappa shape index (κ1) is 17.1. The van der Waals surface area contributed by atoms with Gasteiger partial charge in [0, 0.05) is 12.0 Å². The van der Waals surface area contributed by atoms with E-state index in [0.717, 1.165) is 24.8 Å². The number of unbranched alkanes of at least 4 members (excludes halogenated alkanes) is 1. The van der Waals surface area contributed by atoms with E-state index in [1.165, 1.54) is 16.7 Å². The molecular weight excluding hydrogens is 314 g/mol. The minimum Gasteiger partial charge on any atom is -0.318 e. The predicted octanol–water partition coefficient (Wildman–Crippen LogP) is 4.55. The van der Waals surface area contributed by atoms with Crippen LogP contribution in [0.3, 0.4) is 0 Å². The van der Waals surface area contributed by atoms with Gasteiger partial charge in [-0.15, -0.1) is 0 Å². The molecule has 0 saturated heterocycles. The number of nitrogens with zero attached hydrogens (tertiary/aromatic N) is 1. The Hall–Kier alpha value is -2.75. The van der Waals surface area contributed by atoms with Crippen molar-refractivity contribution in [1.82, 2.24) is 0 Å². The molecule has 2 aromatic rings.